The first-order valence-corrected chi connectivity index (χ1v) is 7.58. The van der Waals surface area contributed by atoms with Gasteiger partial charge in [-0.25, -0.2) is 4.79 Å². The van der Waals surface area contributed by atoms with Crippen LogP contribution < -0.4 is 10.6 Å². The first kappa shape index (κ1) is 15.2. The molecule has 0 spiro atoms. The summed E-state index contributed by atoms with van der Waals surface area (Å²) in [5.41, 5.74) is 2.44. The zero-order valence-corrected chi connectivity index (χ0v) is 12.3. The highest BCUT2D eigenvalue weighted by molar-refractivity contribution is 5.74. The molecule has 3 heteroatoms. The Kier molecular flexibility index (Phi) is 6.41. The molecule has 0 atom stereocenters. The molecule has 3 nitrogen and oxygen atoms in total. The van der Waals surface area contributed by atoms with E-state index in [-0.39, 0.29) is 6.03 Å². The Morgan fingerprint density at radius 3 is 2.76 bits per heavy atom. The van der Waals surface area contributed by atoms with Crippen molar-refractivity contribution in [1.82, 2.24) is 10.6 Å². The fourth-order valence-corrected chi connectivity index (χ4v) is 2.32. The summed E-state index contributed by atoms with van der Waals surface area (Å²) in [7, 11) is 0. The number of allylic oxidation sites excluding steroid dienone is 1. The molecular weight excluding hydrogens is 260 g/mol. The van der Waals surface area contributed by atoms with Crippen molar-refractivity contribution in [3.05, 3.63) is 47.5 Å². The lowest BCUT2D eigenvalue weighted by Crippen LogP contribution is -2.36. The van der Waals surface area contributed by atoms with E-state index in [9.17, 15) is 4.79 Å². The van der Waals surface area contributed by atoms with E-state index in [0.717, 1.165) is 12.0 Å². The number of hydrogen-bond acceptors (Lipinski definition) is 1. The Labute approximate surface area is 126 Å². The molecule has 0 unspecified atom stereocenters. The molecule has 110 valence electrons. The lowest BCUT2D eigenvalue weighted by molar-refractivity contribution is 0.242. The van der Waals surface area contributed by atoms with Crippen LogP contribution in [-0.2, 0) is 0 Å². The number of amides is 2. The van der Waals surface area contributed by atoms with Crippen LogP contribution in [0.25, 0.3) is 0 Å². The summed E-state index contributed by atoms with van der Waals surface area (Å²) in [6, 6.07) is 9.61. The van der Waals surface area contributed by atoms with Crippen LogP contribution in [0.15, 0.2) is 42.0 Å². The number of urea groups is 1. The number of carbonyl (C=O) groups excluding carboxylic acids is 1. The second kappa shape index (κ2) is 8.86. The number of benzene rings is 1. The average Bonchev–Trinajstić information content (AvgIpc) is 2.54. The van der Waals surface area contributed by atoms with Crippen molar-refractivity contribution in [3.8, 4) is 11.8 Å². The van der Waals surface area contributed by atoms with Crippen LogP contribution in [0.5, 0.6) is 0 Å². The number of hydrogen-bond donors (Lipinski definition) is 2. The van der Waals surface area contributed by atoms with Gasteiger partial charge in [-0.05, 0) is 44.2 Å². The van der Waals surface area contributed by atoms with E-state index in [1.807, 2.05) is 30.3 Å². The second-order valence-corrected chi connectivity index (χ2v) is 5.14. The average molecular weight is 282 g/mol. The fourth-order valence-electron chi connectivity index (χ4n) is 2.32. The van der Waals surface area contributed by atoms with E-state index >= 15 is 0 Å². The minimum atomic E-state index is -0.145. The van der Waals surface area contributed by atoms with E-state index in [0.29, 0.717) is 13.1 Å². The van der Waals surface area contributed by atoms with E-state index in [2.05, 4.69) is 28.6 Å². The van der Waals surface area contributed by atoms with Crippen molar-refractivity contribution < 1.29 is 4.79 Å². The normalized spacial score (nSPS) is 13.6. The highest BCUT2D eigenvalue weighted by Crippen LogP contribution is 2.19. The van der Waals surface area contributed by atoms with Gasteiger partial charge in [0.2, 0.25) is 0 Å². The van der Waals surface area contributed by atoms with Gasteiger partial charge < -0.3 is 10.6 Å². The number of carbonyl (C=O) groups is 1. The molecule has 1 aromatic rings. The summed E-state index contributed by atoms with van der Waals surface area (Å²) < 4.78 is 0. The Morgan fingerprint density at radius 1 is 1.14 bits per heavy atom. The predicted molar refractivity (Wildman–Crippen MR) is 85.9 cm³/mol. The number of nitrogens with one attached hydrogen (secondary N) is 2. The molecular formula is C18H22N2O. The van der Waals surface area contributed by atoms with E-state index in [1.165, 1.54) is 31.3 Å². The van der Waals surface area contributed by atoms with Crippen LogP contribution in [-0.4, -0.2) is 19.1 Å². The Hall–Kier alpha value is -2.21. The van der Waals surface area contributed by atoms with Gasteiger partial charge >= 0.3 is 6.03 Å². The van der Waals surface area contributed by atoms with Crippen molar-refractivity contribution in [3.63, 3.8) is 0 Å². The molecule has 21 heavy (non-hydrogen) atoms. The van der Waals surface area contributed by atoms with Crippen molar-refractivity contribution >= 4 is 6.03 Å². The molecule has 0 fully saturated rings. The third-order valence-electron chi connectivity index (χ3n) is 3.46. The zero-order valence-electron chi connectivity index (χ0n) is 12.3. The maximum atomic E-state index is 11.6. The molecule has 0 radical (unpaired) electrons. The van der Waals surface area contributed by atoms with Crippen molar-refractivity contribution in [2.45, 2.75) is 32.1 Å². The van der Waals surface area contributed by atoms with Crippen molar-refractivity contribution in [1.29, 1.82) is 0 Å². The van der Waals surface area contributed by atoms with Crippen molar-refractivity contribution in [2.75, 3.05) is 13.1 Å². The summed E-state index contributed by atoms with van der Waals surface area (Å²) >= 11 is 0. The molecule has 2 rings (SSSR count). The SMILES string of the molecule is O=C(NCC#Cc1ccccc1)NCCC1=CCCCC1. The largest absolute Gasteiger partial charge is 0.338 e. The van der Waals surface area contributed by atoms with Gasteiger partial charge in [-0.15, -0.1) is 0 Å². The van der Waals surface area contributed by atoms with Crippen LogP contribution in [0, 0.1) is 11.8 Å². The maximum absolute atomic E-state index is 11.6. The summed E-state index contributed by atoms with van der Waals surface area (Å²) in [5.74, 6) is 5.95. The maximum Gasteiger partial charge on any atom is 0.315 e. The highest BCUT2D eigenvalue weighted by Gasteiger charge is 2.04. The molecule has 0 saturated carbocycles. The molecule has 0 aliphatic heterocycles. The smallest absolute Gasteiger partial charge is 0.315 e. The van der Waals surface area contributed by atoms with E-state index in [4.69, 9.17) is 0 Å². The van der Waals surface area contributed by atoms with Gasteiger partial charge in [0, 0.05) is 12.1 Å². The van der Waals surface area contributed by atoms with Gasteiger partial charge in [0.1, 0.15) is 0 Å². The van der Waals surface area contributed by atoms with Crippen molar-refractivity contribution in [2.24, 2.45) is 0 Å². The number of rotatable bonds is 4. The first-order valence-electron chi connectivity index (χ1n) is 7.58. The van der Waals surface area contributed by atoms with Crippen LogP contribution in [0.2, 0.25) is 0 Å². The van der Waals surface area contributed by atoms with Crippen LogP contribution in [0.4, 0.5) is 4.79 Å². The third kappa shape index (κ3) is 6.18. The van der Waals surface area contributed by atoms with Crippen LogP contribution >= 0.6 is 0 Å². The Bertz CT molecular complexity index is 537. The molecule has 2 amide bonds. The summed E-state index contributed by atoms with van der Waals surface area (Å²) in [4.78, 5) is 11.6. The minimum absolute atomic E-state index is 0.145. The summed E-state index contributed by atoms with van der Waals surface area (Å²) in [6.07, 6.45) is 8.24. The molecule has 1 aliphatic rings. The molecule has 2 N–H and O–H groups in total. The lowest BCUT2D eigenvalue weighted by Gasteiger charge is -2.12. The molecule has 0 heterocycles. The van der Waals surface area contributed by atoms with Crippen LogP contribution in [0.3, 0.4) is 0 Å². The predicted octanol–water partition coefficient (Wildman–Crippen LogP) is 3.23. The third-order valence-corrected chi connectivity index (χ3v) is 3.46. The second-order valence-electron chi connectivity index (χ2n) is 5.14. The van der Waals surface area contributed by atoms with E-state index < -0.39 is 0 Å². The Morgan fingerprint density at radius 2 is 2.00 bits per heavy atom. The molecule has 1 aromatic carbocycles. The first-order chi connectivity index (χ1) is 10.3. The van der Waals surface area contributed by atoms with Gasteiger partial charge in [-0.2, -0.15) is 0 Å². The Balaban J connectivity index is 1.59. The van der Waals surface area contributed by atoms with Gasteiger partial charge in [0.05, 0.1) is 6.54 Å². The van der Waals surface area contributed by atoms with Gasteiger partial charge in [-0.1, -0.05) is 41.7 Å². The lowest BCUT2D eigenvalue weighted by atomic mass is 9.97. The molecule has 1 aliphatic carbocycles. The molecule has 0 bridgehead atoms. The standard InChI is InChI=1S/C18H22N2O/c21-18(20-15-13-17-10-5-2-6-11-17)19-14-7-12-16-8-3-1-4-9-16/h1,3-4,8-10H,2,5-6,11,13-15H2,(H2,19,20,21). The van der Waals surface area contributed by atoms with Crippen LogP contribution in [0.1, 0.15) is 37.7 Å². The minimum Gasteiger partial charge on any atom is -0.338 e. The monoisotopic (exact) mass is 282 g/mol. The fraction of sp³-hybridized carbons (Fsp3) is 0.389. The zero-order chi connectivity index (χ0) is 14.8. The summed E-state index contributed by atoms with van der Waals surface area (Å²) in [6.45, 7) is 1.06. The highest BCUT2D eigenvalue weighted by atomic mass is 16.2. The van der Waals surface area contributed by atoms with Gasteiger partial charge in [0.15, 0.2) is 0 Å². The molecule has 0 saturated heterocycles. The molecule has 0 aromatic heterocycles. The van der Waals surface area contributed by atoms with Gasteiger partial charge in [0.25, 0.3) is 0 Å². The van der Waals surface area contributed by atoms with E-state index in [1.54, 1.807) is 0 Å². The summed E-state index contributed by atoms with van der Waals surface area (Å²) in [5, 5.41) is 5.62. The quantitative estimate of drug-likeness (QED) is 0.646. The van der Waals surface area contributed by atoms with Gasteiger partial charge in [-0.3, -0.25) is 0 Å². The topological polar surface area (TPSA) is 41.1 Å².